The molecule has 19 heteroatoms. The second-order valence-electron chi connectivity index (χ2n) is 13.6. The molecule has 0 aliphatic carbocycles. The van der Waals surface area contributed by atoms with Crippen molar-refractivity contribution >= 4 is 104 Å². The van der Waals surface area contributed by atoms with Crippen LogP contribution in [0.4, 0.5) is 51.2 Å². The van der Waals surface area contributed by atoms with E-state index in [1.807, 2.05) is 42.5 Å². The molecule has 0 bridgehead atoms. The first-order valence-corrected chi connectivity index (χ1v) is 21.2. The Morgan fingerprint density at radius 2 is 1.00 bits per heavy atom. The third kappa shape index (κ3) is 8.18. The Balaban J connectivity index is 1.12. The molecule has 0 fully saturated rings. The maximum absolute atomic E-state index is 12.7. The summed E-state index contributed by atoms with van der Waals surface area (Å²) in [4.78, 5) is -1.38. The number of aryl methyl sites for hydroxylation is 1. The lowest BCUT2D eigenvalue weighted by Gasteiger charge is -2.13. The zero-order chi connectivity index (χ0) is 43.8. The first kappa shape index (κ1) is 40.9. The van der Waals surface area contributed by atoms with Crippen LogP contribution in [-0.4, -0.2) is 36.2 Å². The fourth-order valence-electron chi connectivity index (χ4n) is 6.61. The van der Waals surface area contributed by atoms with Gasteiger partial charge in [0.15, 0.2) is 11.5 Å². The number of nitrogens with zero attached hydrogens (tertiary/aromatic N) is 8. The molecule has 0 aliphatic rings. The molecule has 0 spiro atoms. The highest BCUT2D eigenvalue weighted by Gasteiger charge is 2.25. The van der Waals surface area contributed by atoms with Crippen LogP contribution in [0.5, 0.6) is 11.5 Å². The van der Waals surface area contributed by atoms with Gasteiger partial charge < -0.3 is 15.9 Å². The quantitative estimate of drug-likeness (QED) is 0.0496. The summed E-state index contributed by atoms with van der Waals surface area (Å²) in [5, 5.41) is 57.7. The van der Waals surface area contributed by atoms with Gasteiger partial charge in [0.05, 0.1) is 39.5 Å². The number of hydrogen-bond donors (Lipinski definition) is 5. The first-order valence-electron chi connectivity index (χ1n) is 18.3. The van der Waals surface area contributed by atoms with Crippen molar-refractivity contribution in [1.29, 1.82) is 0 Å². The van der Waals surface area contributed by atoms with Crippen molar-refractivity contribution in [1.82, 2.24) is 0 Å². The van der Waals surface area contributed by atoms with Gasteiger partial charge in [0.2, 0.25) is 0 Å². The van der Waals surface area contributed by atoms with Crippen molar-refractivity contribution in [3.63, 3.8) is 0 Å². The van der Waals surface area contributed by atoms with Gasteiger partial charge in [-0.05, 0) is 96.1 Å². The van der Waals surface area contributed by atoms with Gasteiger partial charge in [0.1, 0.15) is 26.9 Å². The summed E-state index contributed by atoms with van der Waals surface area (Å²) < 4.78 is 70.7. The molecule has 0 radical (unpaired) electrons. The zero-order valence-corrected chi connectivity index (χ0v) is 33.7. The minimum absolute atomic E-state index is 0.0594. The molecule has 308 valence electrons. The Kier molecular flexibility index (Phi) is 10.8. The molecule has 0 aliphatic heterocycles. The van der Waals surface area contributed by atoms with E-state index >= 15 is 0 Å². The number of nitrogen functional groups attached to an aromatic ring is 1. The number of anilines is 1. The van der Waals surface area contributed by atoms with Crippen LogP contribution in [0, 0.1) is 6.92 Å². The van der Waals surface area contributed by atoms with Crippen molar-refractivity contribution in [2.75, 3.05) is 5.73 Å². The molecule has 8 aromatic rings. The van der Waals surface area contributed by atoms with Gasteiger partial charge in [-0.2, -0.15) is 37.3 Å². The second kappa shape index (κ2) is 16.3. The Morgan fingerprint density at radius 3 is 1.69 bits per heavy atom. The molecule has 8 aromatic carbocycles. The normalized spacial score (nSPS) is 12.6. The Bertz CT molecular complexity index is 3450. The van der Waals surface area contributed by atoms with E-state index in [1.54, 1.807) is 54.6 Å². The summed E-state index contributed by atoms with van der Waals surface area (Å²) in [6, 6.07) is 36.0. The standard InChI is InChI=1S/C43H31N9O8S2/c1-24-32-22-38(62(58,59)60)41(52-47-28-16-14-27(15-17-28)46-49-34-13-7-9-25-8-5-6-12-29(25)34)42(53)30(32)18-20-33(24)48-51-36-23-37(61(55,56)57)31-19-21-35(43(54)39(31)40(36)44)50-45-26-10-3-2-4-11-26/h2-23,53-54H,44H2,1H3,(H,55,56,57)(H,58,59,60). The van der Waals surface area contributed by atoms with E-state index in [-0.39, 0.29) is 55.5 Å². The van der Waals surface area contributed by atoms with E-state index in [0.717, 1.165) is 22.9 Å². The number of phenolic OH excluding ortho intramolecular Hbond substituents is 2. The van der Waals surface area contributed by atoms with E-state index in [1.165, 1.54) is 31.2 Å². The molecular formula is C43H31N9O8S2. The fourth-order valence-corrected chi connectivity index (χ4v) is 7.97. The molecule has 0 unspecified atom stereocenters. The van der Waals surface area contributed by atoms with Crippen molar-refractivity contribution in [3.05, 3.63) is 139 Å². The highest BCUT2D eigenvalue weighted by molar-refractivity contribution is 7.86. The highest BCUT2D eigenvalue weighted by Crippen LogP contribution is 2.47. The van der Waals surface area contributed by atoms with E-state index in [9.17, 15) is 36.2 Å². The van der Waals surface area contributed by atoms with Crippen LogP contribution in [0.1, 0.15) is 5.56 Å². The number of nitrogens with two attached hydrogens (primary N) is 1. The molecule has 0 atom stereocenters. The molecule has 0 saturated carbocycles. The zero-order valence-electron chi connectivity index (χ0n) is 32.1. The van der Waals surface area contributed by atoms with E-state index in [2.05, 4.69) is 40.9 Å². The van der Waals surface area contributed by atoms with Crippen LogP contribution in [0.3, 0.4) is 0 Å². The van der Waals surface area contributed by atoms with Gasteiger partial charge in [-0.1, -0.05) is 60.7 Å². The third-order valence-electron chi connectivity index (χ3n) is 9.72. The first-order chi connectivity index (χ1) is 29.7. The SMILES string of the molecule is Cc1c(N=Nc2cc(S(=O)(=O)O)c3ccc(N=Nc4ccccc4)c(O)c3c2N)ccc2c(O)c(N=Nc3ccc(N=Nc4cccc5ccccc45)cc3)c(S(=O)(=O)O)cc12. The maximum atomic E-state index is 12.7. The Labute approximate surface area is 352 Å². The molecular weight excluding hydrogens is 835 g/mol. The van der Waals surface area contributed by atoms with Crippen LogP contribution < -0.4 is 5.73 Å². The lowest BCUT2D eigenvalue weighted by Crippen LogP contribution is -2.01. The number of fused-ring (bicyclic) bond motifs is 3. The number of azo groups is 4. The number of hydrogen-bond acceptors (Lipinski definition) is 15. The van der Waals surface area contributed by atoms with Gasteiger partial charge >= 0.3 is 0 Å². The van der Waals surface area contributed by atoms with Gasteiger partial charge in [-0.15, -0.1) is 20.5 Å². The average Bonchev–Trinajstić information content (AvgIpc) is 3.25. The number of aromatic hydroxyl groups is 2. The summed E-state index contributed by atoms with van der Waals surface area (Å²) in [5.41, 5.74) is 7.65. The Morgan fingerprint density at radius 1 is 0.452 bits per heavy atom. The predicted octanol–water partition coefficient (Wildman–Crippen LogP) is 12.6. The second-order valence-corrected chi connectivity index (χ2v) is 16.4. The monoisotopic (exact) mass is 865 g/mol. The van der Waals surface area contributed by atoms with Gasteiger partial charge in [0, 0.05) is 16.2 Å². The predicted molar refractivity (Wildman–Crippen MR) is 234 cm³/mol. The van der Waals surface area contributed by atoms with E-state index in [0.29, 0.717) is 17.1 Å². The number of phenols is 2. The smallest absolute Gasteiger partial charge is 0.296 e. The highest BCUT2D eigenvalue weighted by atomic mass is 32.2. The lowest BCUT2D eigenvalue weighted by molar-refractivity contribution is 0.472. The summed E-state index contributed by atoms with van der Waals surface area (Å²) >= 11 is 0. The maximum Gasteiger partial charge on any atom is 0.296 e. The fraction of sp³-hybridized carbons (Fsp3) is 0.0233. The van der Waals surface area contributed by atoms with Crippen molar-refractivity contribution in [2.24, 2.45) is 40.9 Å². The summed E-state index contributed by atoms with van der Waals surface area (Å²) in [7, 11) is -9.90. The van der Waals surface area contributed by atoms with E-state index in [4.69, 9.17) is 5.73 Å². The van der Waals surface area contributed by atoms with Crippen LogP contribution in [0.2, 0.25) is 0 Å². The largest absolute Gasteiger partial charge is 0.505 e. The summed E-state index contributed by atoms with van der Waals surface area (Å²) in [6.07, 6.45) is 0. The van der Waals surface area contributed by atoms with Crippen LogP contribution >= 0.6 is 0 Å². The summed E-state index contributed by atoms with van der Waals surface area (Å²) in [6.45, 7) is 1.54. The molecule has 6 N–H and O–H groups in total. The molecule has 8 rings (SSSR count). The molecule has 62 heavy (non-hydrogen) atoms. The van der Waals surface area contributed by atoms with Gasteiger partial charge in [-0.3, -0.25) is 9.11 Å². The van der Waals surface area contributed by atoms with Crippen molar-refractivity contribution < 1.29 is 36.2 Å². The minimum Gasteiger partial charge on any atom is -0.505 e. The minimum atomic E-state index is -5.00. The molecule has 0 saturated heterocycles. The molecule has 0 aromatic heterocycles. The van der Waals surface area contributed by atoms with E-state index < -0.39 is 47.2 Å². The lowest BCUT2D eigenvalue weighted by atomic mass is 10.0. The number of benzene rings is 8. The average molecular weight is 866 g/mol. The van der Waals surface area contributed by atoms with Crippen LogP contribution in [0.25, 0.3) is 32.3 Å². The summed E-state index contributed by atoms with van der Waals surface area (Å²) in [5.74, 6) is -1.15. The topological polar surface area (TPSA) is 274 Å². The molecule has 17 nitrogen and oxygen atoms in total. The number of rotatable bonds is 10. The molecule has 0 heterocycles. The Hall–Kier alpha value is -7.84. The van der Waals surface area contributed by atoms with Crippen molar-refractivity contribution in [2.45, 2.75) is 16.7 Å². The van der Waals surface area contributed by atoms with Crippen LogP contribution in [0.15, 0.2) is 184 Å². The van der Waals surface area contributed by atoms with Crippen LogP contribution in [-0.2, 0) is 20.2 Å². The van der Waals surface area contributed by atoms with Gasteiger partial charge in [-0.25, -0.2) is 0 Å². The third-order valence-corrected chi connectivity index (χ3v) is 11.5. The van der Waals surface area contributed by atoms with Crippen molar-refractivity contribution in [3.8, 4) is 11.5 Å². The van der Waals surface area contributed by atoms with Gasteiger partial charge in [0.25, 0.3) is 20.2 Å². The molecule has 0 amide bonds.